The van der Waals surface area contributed by atoms with Gasteiger partial charge in [0.25, 0.3) is 11.8 Å². The van der Waals surface area contributed by atoms with E-state index in [-0.39, 0.29) is 17.4 Å². The van der Waals surface area contributed by atoms with Gasteiger partial charge >= 0.3 is 0 Å². The van der Waals surface area contributed by atoms with Gasteiger partial charge in [-0.2, -0.15) is 0 Å². The molecule has 0 spiro atoms. The fourth-order valence-electron chi connectivity index (χ4n) is 3.45. The molecule has 1 aliphatic rings. The van der Waals surface area contributed by atoms with Crippen LogP contribution in [0.15, 0.2) is 72.8 Å². The molecule has 4 rings (SSSR count). The first-order valence-electron chi connectivity index (χ1n) is 9.19. The summed E-state index contributed by atoms with van der Waals surface area (Å²) in [6.45, 7) is 0.524. The first kappa shape index (κ1) is 17.9. The van der Waals surface area contributed by atoms with Crippen LogP contribution in [-0.2, 0) is 6.42 Å². The van der Waals surface area contributed by atoms with Gasteiger partial charge < -0.3 is 10.2 Å². The average molecular weight is 374 g/mol. The number of para-hydroxylation sites is 1. The molecule has 5 heteroatoms. The van der Waals surface area contributed by atoms with E-state index in [1.165, 1.54) is 12.1 Å². The molecule has 3 aromatic rings. The van der Waals surface area contributed by atoms with Crippen LogP contribution in [0.2, 0.25) is 0 Å². The van der Waals surface area contributed by atoms with Gasteiger partial charge in [0.05, 0.1) is 5.56 Å². The topological polar surface area (TPSA) is 49.4 Å². The van der Waals surface area contributed by atoms with Gasteiger partial charge in [0.15, 0.2) is 0 Å². The van der Waals surface area contributed by atoms with Crippen LogP contribution >= 0.6 is 0 Å². The van der Waals surface area contributed by atoms with Crippen LogP contribution in [0.25, 0.3) is 0 Å². The zero-order chi connectivity index (χ0) is 19.5. The molecule has 140 valence electrons. The molecule has 0 unspecified atom stereocenters. The number of rotatable bonds is 3. The van der Waals surface area contributed by atoms with E-state index in [0.717, 1.165) is 29.8 Å². The maximum atomic E-state index is 14.0. The van der Waals surface area contributed by atoms with Gasteiger partial charge in [-0.25, -0.2) is 4.39 Å². The monoisotopic (exact) mass is 374 g/mol. The third-order valence-corrected chi connectivity index (χ3v) is 4.84. The molecule has 0 radical (unpaired) electrons. The smallest absolute Gasteiger partial charge is 0.261 e. The minimum Gasteiger partial charge on any atom is -0.322 e. The molecule has 0 atom stereocenters. The number of halogens is 1. The van der Waals surface area contributed by atoms with E-state index in [4.69, 9.17) is 0 Å². The van der Waals surface area contributed by atoms with Crippen molar-refractivity contribution in [3.8, 4) is 0 Å². The van der Waals surface area contributed by atoms with Gasteiger partial charge in [0.2, 0.25) is 0 Å². The molecule has 0 aromatic heterocycles. The second kappa shape index (κ2) is 7.64. The molecule has 1 aliphatic heterocycles. The Kier molecular flexibility index (Phi) is 4.89. The Bertz CT molecular complexity index is 1030. The summed E-state index contributed by atoms with van der Waals surface area (Å²) in [6, 6.07) is 20.5. The van der Waals surface area contributed by atoms with Crippen LogP contribution < -0.4 is 10.2 Å². The lowest BCUT2D eigenvalue weighted by Gasteiger charge is -2.30. The number of carbonyl (C=O) groups is 2. The first-order chi connectivity index (χ1) is 13.6. The molecular weight excluding hydrogens is 355 g/mol. The molecule has 28 heavy (non-hydrogen) atoms. The third kappa shape index (κ3) is 3.51. The molecule has 2 amide bonds. The highest BCUT2D eigenvalue weighted by atomic mass is 19.1. The van der Waals surface area contributed by atoms with Gasteiger partial charge in [-0.3, -0.25) is 9.59 Å². The zero-order valence-electron chi connectivity index (χ0n) is 15.2. The average Bonchev–Trinajstić information content (AvgIpc) is 2.73. The van der Waals surface area contributed by atoms with Crippen LogP contribution in [0.5, 0.6) is 0 Å². The van der Waals surface area contributed by atoms with Gasteiger partial charge in [-0.15, -0.1) is 0 Å². The number of benzene rings is 3. The van der Waals surface area contributed by atoms with E-state index < -0.39 is 5.82 Å². The molecule has 1 N–H and O–H groups in total. The summed E-state index contributed by atoms with van der Waals surface area (Å²) in [5, 5.41) is 2.86. The molecule has 0 saturated carbocycles. The third-order valence-electron chi connectivity index (χ3n) is 4.84. The summed E-state index contributed by atoms with van der Waals surface area (Å²) < 4.78 is 14.0. The minimum absolute atomic E-state index is 0.0567. The highest BCUT2D eigenvalue weighted by Gasteiger charge is 2.26. The Morgan fingerprint density at radius 1 is 0.929 bits per heavy atom. The molecule has 0 saturated heterocycles. The van der Waals surface area contributed by atoms with E-state index in [0.29, 0.717) is 12.1 Å². The molecule has 3 aromatic carbocycles. The number of anilines is 2. The fraction of sp³-hybridized carbons (Fsp3) is 0.130. The van der Waals surface area contributed by atoms with Crippen molar-refractivity contribution in [2.75, 3.05) is 16.8 Å². The molecule has 0 aliphatic carbocycles. The quantitative estimate of drug-likeness (QED) is 0.724. The van der Waals surface area contributed by atoms with E-state index in [1.807, 2.05) is 36.4 Å². The van der Waals surface area contributed by atoms with Gasteiger partial charge in [0, 0.05) is 23.5 Å². The number of aryl methyl sites for hydroxylation is 1. The van der Waals surface area contributed by atoms with E-state index >= 15 is 0 Å². The molecule has 4 nitrogen and oxygen atoms in total. The van der Waals surface area contributed by atoms with E-state index in [2.05, 4.69) is 5.32 Å². The Labute approximate surface area is 162 Å². The van der Waals surface area contributed by atoms with Crippen molar-refractivity contribution >= 4 is 23.2 Å². The second-order valence-corrected chi connectivity index (χ2v) is 6.70. The lowest BCUT2D eigenvalue weighted by molar-refractivity contribution is 0.0980. The number of nitrogens with zero attached hydrogens (tertiary/aromatic N) is 1. The summed E-state index contributed by atoms with van der Waals surface area (Å²) in [4.78, 5) is 27.0. The standard InChI is InChI=1S/C23H19FN2O2/c24-20-11-5-4-10-19(20)23(28)26-14-6-7-16-15-17(12-13-21(16)26)22(27)25-18-8-2-1-3-9-18/h1-5,8-13,15H,6-7,14H2,(H,25,27). The van der Waals surface area contributed by atoms with Crippen molar-refractivity contribution in [1.29, 1.82) is 0 Å². The number of hydrogen-bond donors (Lipinski definition) is 1. The van der Waals surface area contributed by atoms with Crippen LogP contribution in [-0.4, -0.2) is 18.4 Å². The van der Waals surface area contributed by atoms with Crippen molar-refractivity contribution in [3.05, 3.63) is 95.3 Å². The number of hydrogen-bond acceptors (Lipinski definition) is 2. The molecule has 0 bridgehead atoms. The van der Waals surface area contributed by atoms with Crippen molar-refractivity contribution in [3.63, 3.8) is 0 Å². The van der Waals surface area contributed by atoms with Crippen LogP contribution in [0.4, 0.5) is 15.8 Å². The van der Waals surface area contributed by atoms with Gasteiger partial charge in [-0.1, -0.05) is 30.3 Å². The highest BCUT2D eigenvalue weighted by molar-refractivity contribution is 6.08. The zero-order valence-corrected chi connectivity index (χ0v) is 15.2. The maximum Gasteiger partial charge on any atom is 0.261 e. The number of carbonyl (C=O) groups excluding carboxylic acids is 2. The predicted molar refractivity (Wildman–Crippen MR) is 107 cm³/mol. The molecular formula is C23H19FN2O2. The van der Waals surface area contributed by atoms with Crippen LogP contribution in [0.3, 0.4) is 0 Å². The van der Waals surface area contributed by atoms with Crippen molar-refractivity contribution in [1.82, 2.24) is 0 Å². The lowest BCUT2D eigenvalue weighted by Crippen LogP contribution is -2.36. The van der Waals surface area contributed by atoms with Crippen LogP contribution in [0, 0.1) is 5.82 Å². The predicted octanol–water partition coefficient (Wildman–Crippen LogP) is 4.67. The summed E-state index contributed by atoms with van der Waals surface area (Å²) >= 11 is 0. The minimum atomic E-state index is -0.529. The van der Waals surface area contributed by atoms with Gasteiger partial charge in [0.1, 0.15) is 5.82 Å². The Morgan fingerprint density at radius 2 is 1.68 bits per heavy atom. The fourth-order valence-corrected chi connectivity index (χ4v) is 3.45. The highest BCUT2D eigenvalue weighted by Crippen LogP contribution is 2.30. The second-order valence-electron chi connectivity index (χ2n) is 6.70. The number of fused-ring (bicyclic) bond motifs is 1. The molecule has 1 heterocycles. The van der Waals surface area contributed by atoms with Crippen molar-refractivity contribution in [2.45, 2.75) is 12.8 Å². The van der Waals surface area contributed by atoms with Crippen LogP contribution in [0.1, 0.15) is 32.7 Å². The molecule has 0 fully saturated rings. The largest absolute Gasteiger partial charge is 0.322 e. The summed E-state index contributed by atoms with van der Waals surface area (Å²) in [5.41, 5.74) is 2.96. The SMILES string of the molecule is O=C(Nc1ccccc1)c1ccc2c(c1)CCCN2C(=O)c1ccccc1F. The van der Waals surface area contributed by atoms with Crippen molar-refractivity contribution < 1.29 is 14.0 Å². The number of nitrogens with one attached hydrogen (secondary N) is 1. The first-order valence-corrected chi connectivity index (χ1v) is 9.19. The summed E-state index contributed by atoms with van der Waals surface area (Å²) in [7, 11) is 0. The number of amides is 2. The summed E-state index contributed by atoms with van der Waals surface area (Å²) in [5.74, 6) is -1.09. The van der Waals surface area contributed by atoms with Gasteiger partial charge in [-0.05, 0) is 60.9 Å². The Hall–Kier alpha value is -3.47. The lowest BCUT2D eigenvalue weighted by atomic mass is 9.98. The van der Waals surface area contributed by atoms with Crippen molar-refractivity contribution in [2.24, 2.45) is 0 Å². The Balaban J connectivity index is 1.60. The van der Waals surface area contributed by atoms with E-state index in [1.54, 1.807) is 29.2 Å². The summed E-state index contributed by atoms with van der Waals surface area (Å²) in [6.07, 6.45) is 1.53. The van der Waals surface area contributed by atoms with E-state index in [9.17, 15) is 14.0 Å². The maximum absolute atomic E-state index is 14.0. The normalized spacial score (nSPS) is 13.0. The Morgan fingerprint density at radius 3 is 2.46 bits per heavy atom.